The van der Waals surface area contributed by atoms with Crippen molar-refractivity contribution >= 4 is 16.8 Å². The van der Waals surface area contributed by atoms with Crippen LogP contribution in [0.4, 0.5) is 0 Å². The third kappa shape index (κ3) is 5.12. The zero-order valence-electron chi connectivity index (χ0n) is 22.4. The van der Waals surface area contributed by atoms with Crippen molar-refractivity contribution < 1.29 is 13.9 Å². The average molecular weight is 498 g/mol. The number of rotatable bonds is 5. The molecule has 1 saturated carbocycles. The first-order chi connectivity index (χ1) is 17.8. The lowest BCUT2D eigenvalue weighted by molar-refractivity contribution is 0.0930. The summed E-state index contributed by atoms with van der Waals surface area (Å²) in [5.74, 6) is 2.34. The Hall–Kier alpha value is -3.64. The normalized spacial score (nSPS) is 15.9. The molecule has 37 heavy (non-hydrogen) atoms. The van der Waals surface area contributed by atoms with Gasteiger partial charge in [-0.25, -0.2) is 0 Å². The molecule has 1 saturated heterocycles. The number of carbonyl (C=O) groups is 1. The number of nitrogens with zero attached hydrogens (tertiary/aromatic N) is 2. The van der Waals surface area contributed by atoms with Gasteiger partial charge in [0.05, 0.1) is 18.2 Å². The molecule has 1 aliphatic carbocycles. The smallest absolute Gasteiger partial charge is 0.252 e. The molecule has 2 fully saturated rings. The maximum Gasteiger partial charge on any atom is 0.252 e. The van der Waals surface area contributed by atoms with E-state index >= 15 is 0 Å². The summed E-state index contributed by atoms with van der Waals surface area (Å²) >= 11 is 0. The molecule has 192 valence electrons. The lowest BCUT2D eigenvalue weighted by Crippen LogP contribution is -2.35. The minimum absolute atomic E-state index is 0.0864. The zero-order valence-corrected chi connectivity index (χ0v) is 22.4. The van der Waals surface area contributed by atoms with Crippen LogP contribution in [0.15, 0.2) is 59.1 Å². The lowest BCUT2D eigenvalue weighted by atomic mass is 9.93. The minimum atomic E-state index is -0.406. The molecule has 1 amide bonds. The molecule has 3 heterocycles. The summed E-state index contributed by atoms with van der Waals surface area (Å²) < 4.78 is 11.1. The van der Waals surface area contributed by atoms with Crippen molar-refractivity contribution in [2.24, 2.45) is 0 Å². The molecule has 6 nitrogen and oxygen atoms in total. The molecule has 0 radical (unpaired) electrons. The van der Waals surface area contributed by atoms with Crippen LogP contribution in [0.3, 0.4) is 0 Å². The summed E-state index contributed by atoms with van der Waals surface area (Å²) in [4.78, 5) is 20.2. The van der Waals surface area contributed by atoms with E-state index in [1.54, 1.807) is 19.4 Å². The first kappa shape index (κ1) is 25.0. The number of fused-ring (bicyclic) bond motifs is 1. The molecule has 6 heteroatoms. The molecular weight excluding hydrogens is 462 g/mol. The number of aryl methyl sites for hydroxylation is 3. The first-order valence-electron chi connectivity index (χ1n) is 12.9. The Morgan fingerprint density at radius 3 is 2.43 bits per heavy atom. The molecule has 0 bridgehead atoms. The first-order valence-corrected chi connectivity index (χ1v) is 12.9. The van der Waals surface area contributed by atoms with E-state index in [0.29, 0.717) is 11.3 Å². The van der Waals surface area contributed by atoms with Crippen LogP contribution in [0.25, 0.3) is 22.0 Å². The van der Waals surface area contributed by atoms with Crippen molar-refractivity contribution in [1.29, 1.82) is 0 Å². The molecule has 4 aromatic rings. The molecule has 1 aliphatic heterocycles. The van der Waals surface area contributed by atoms with Crippen LogP contribution in [0.5, 0.6) is 5.75 Å². The maximum absolute atomic E-state index is 13.3. The number of benzene rings is 2. The summed E-state index contributed by atoms with van der Waals surface area (Å²) in [6.07, 6.45) is 4.99. The van der Waals surface area contributed by atoms with Gasteiger partial charge in [0, 0.05) is 22.7 Å². The van der Waals surface area contributed by atoms with Crippen LogP contribution in [0.1, 0.15) is 52.3 Å². The van der Waals surface area contributed by atoms with Gasteiger partial charge in [0.1, 0.15) is 17.3 Å². The summed E-state index contributed by atoms with van der Waals surface area (Å²) in [5.41, 5.74) is 5.28. The summed E-state index contributed by atoms with van der Waals surface area (Å²) in [5, 5.41) is 4.40. The van der Waals surface area contributed by atoms with Gasteiger partial charge < -0.3 is 19.4 Å². The highest BCUT2D eigenvalue weighted by Crippen LogP contribution is 2.49. The molecule has 2 aromatic heterocycles. The lowest BCUT2D eigenvalue weighted by Gasteiger charge is -2.24. The van der Waals surface area contributed by atoms with E-state index < -0.39 is 5.54 Å². The standard InChI is InChI=1S/C27H26N2O3.C4H9N/c1-16-7-8-20(31-4)15-22(16)26(30)29-27(9-10-27)24-13-19(23-12-17(2)32-18(23)3)14-25-21(24)6-5-11-28-25;1-5-3-2-4-5/h5-8,11-15H,9-10H2,1-4H3,(H,29,30);2-4H2,1H3. The van der Waals surface area contributed by atoms with Gasteiger partial charge in [0.2, 0.25) is 0 Å². The number of amides is 1. The Labute approximate surface area is 218 Å². The molecule has 0 spiro atoms. The highest BCUT2D eigenvalue weighted by Gasteiger charge is 2.47. The van der Waals surface area contributed by atoms with Gasteiger partial charge in [-0.3, -0.25) is 9.78 Å². The number of furan rings is 1. The summed E-state index contributed by atoms with van der Waals surface area (Å²) in [6.45, 7) is 8.51. The number of hydrogen-bond donors (Lipinski definition) is 1. The highest BCUT2D eigenvalue weighted by atomic mass is 16.5. The zero-order chi connectivity index (χ0) is 26.2. The van der Waals surface area contributed by atoms with Crippen molar-refractivity contribution in [3.05, 3.63) is 82.9 Å². The molecule has 0 atom stereocenters. The van der Waals surface area contributed by atoms with E-state index in [2.05, 4.69) is 46.5 Å². The number of pyridine rings is 1. The summed E-state index contributed by atoms with van der Waals surface area (Å²) in [6, 6.07) is 16.0. The number of hydrogen-bond acceptors (Lipinski definition) is 5. The van der Waals surface area contributed by atoms with Crippen molar-refractivity contribution in [3.8, 4) is 16.9 Å². The van der Waals surface area contributed by atoms with E-state index in [1.807, 2.05) is 39.0 Å². The monoisotopic (exact) mass is 497 g/mol. The third-order valence-electron chi connectivity index (χ3n) is 7.46. The number of ether oxygens (including phenoxy) is 1. The van der Waals surface area contributed by atoms with Gasteiger partial charge in [0.25, 0.3) is 5.91 Å². The van der Waals surface area contributed by atoms with Gasteiger partial charge in [-0.2, -0.15) is 0 Å². The largest absolute Gasteiger partial charge is 0.497 e. The van der Waals surface area contributed by atoms with E-state index in [9.17, 15) is 4.79 Å². The SMILES string of the molecule is CN1CCC1.COc1ccc(C)c(C(=O)NC2(c3cc(-c4cc(C)oc4C)cc4ncccc34)CC2)c1. The molecule has 1 N–H and O–H groups in total. The van der Waals surface area contributed by atoms with Crippen LogP contribution >= 0.6 is 0 Å². The van der Waals surface area contributed by atoms with E-state index in [1.165, 1.54) is 19.5 Å². The van der Waals surface area contributed by atoms with Crippen LogP contribution in [-0.4, -0.2) is 43.0 Å². The van der Waals surface area contributed by atoms with Gasteiger partial charge in [-0.05, 0) is 113 Å². The molecule has 2 aromatic carbocycles. The van der Waals surface area contributed by atoms with Gasteiger partial charge in [-0.1, -0.05) is 12.1 Å². The predicted molar refractivity (Wildman–Crippen MR) is 147 cm³/mol. The molecule has 0 unspecified atom stereocenters. The predicted octanol–water partition coefficient (Wildman–Crippen LogP) is 6.17. The molecule has 2 aliphatic rings. The Balaban J connectivity index is 0.000000503. The van der Waals surface area contributed by atoms with E-state index in [-0.39, 0.29) is 5.91 Å². The van der Waals surface area contributed by atoms with Crippen molar-refractivity contribution in [2.75, 3.05) is 27.2 Å². The second-order valence-electron chi connectivity index (χ2n) is 10.3. The number of aromatic nitrogens is 1. The second-order valence-corrected chi connectivity index (χ2v) is 10.3. The Bertz CT molecular complexity index is 1450. The van der Waals surface area contributed by atoms with Gasteiger partial charge in [0.15, 0.2) is 0 Å². The fourth-order valence-electron chi connectivity index (χ4n) is 4.97. The topological polar surface area (TPSA) is 67.6 Å². The Kier molecular flexibility index (Phi) is 6.78. The van der Waals surface area contributed by atoms with E-state index in [4.69, 9.17) is 9.15 Å². The minimum Gasteiger partial charge on any atom is -0.497 e. The number of methoxy groups -OCH3 is 1. The number of likely N-dealkylation sites (tertiary alicyclic amines) is 1. The molecule has 6 rings (SSSR count). The Morgan fingerprint density at radius 1 is 1.08 bits per heavy atom. The maximum atomic E-state index is 13.3. The van der Waals surface area contributed by atoms with E-state index in [0.717, 1.165) is 57.5 Å². The van der Waals surface area contributed by atoms with Crippen LogP contribution in [0, 0.1) is 20.8 Å². The number of nitrogens with one attached hydrogen (secondary N) is 1. The average Bonchev–Trinajstić information content (AvgIpc) is 3.57. The third-order valence-corrected chi connectivity index (χ3v) is 7.46. The van der Waals surface area contributed by atoms with Gasteiger partial charge in [-0.15, -0.1) is 0 Å². The van der Waals surface area contributed by atoms with Crippen LogP contribution in [-0.2, 0) is 5.54 Å². The van der Waals surface area contributed by atoms with Crippen molar-refractivity contribution in [1.82, 2.24) is 15.2 Å². The quantitative estimate of drug-likeness (QED) is 0.357. The Morgan fingerprint density at radius 2 is 1.84 bits per heavy atom. The van der Waals surface area contributed by atoms with Gasteiger partial charge >= 0.3 is 0 Å². The van der Waals surface area contributed by atoms with Crippen LogP contribution < -0.4 is 10.1 Å². The van der Waals surface area contributed by atoms with Crippen molar-refractivity contribution in [2.45, 2.75) is 45.6 Å². The molecular formula is C31H35N3O3. The second kappa shape index (κ2) is 10.0. The fraction of sp³-hybridized carbons (Fsp3) is 0.355. The fourth-order valence-corrected chi connectivity index (χ4v) is 4.97. The highest BCUT2D eigenvalue weighted by molar-refractivity contribution is 5.98. The van der Waals surface area contributed by atoms with Crippen LogP contribution in [0.2, 0.25) is 0 Å². The summed E-state index contributed by atoms with van der Waals surface area (Å²) in [7, 11) is 3.75. The number of carbonyl (C=O) groups excluding carboxylic acids is 1. The van der Waals surface area contributed by atoms with Crippen molar-refractivity contribution in [3.63, 3.8) is 0 Å².